The molecular weight excluding hydrogens is 569 g/mol. The molecule has 4 aromatic rings. The number of thioether (sulfide) groups is 1. The van der Waals surface area contributed by atoms with Gasteiger partial charge in [-0.05, 0) is 70.4 Å². The van der Waals surface area contributed by atoms with Crippen LogP contribution in [-0.4, -0.2) is 56.3 Å². The predicted molar refractivity (Wildman–Crippen MR) is 168 cm³/mol. The zero-order valence-electron chi connectivity index (χ0n) is 25.0. The summed E-state index contributed by atoms with van der Waals surface area (Å²) in [6.45, 7) is 11.9. The molecule has 0 saturated carbocycles. The van der Waals surface area contributed by atoms with Crippen molar-refractivity contribution in [1.29, 1.82) is 0 Å². The number of nitrogens with zero attached hydrogens (tertiary/aromatic N) is 4. The van der Waals surface area contributed by atoms with Crippen LogP contribution in [0.1, 0.15) is 66.5 Å². The van der Waals surface area contributed by atoms with Crippen molar-refractivity contribution in [2.24, 2.45) is 4.99 Å². The quantitative estimate of drug-likeness (QED) is 0.137. The van der Waals surface area contributed by atoms with Gasteiger partial charge < -0.3 is 14.6 Å². The van der Waals surface area contributed by atoms with Crippen molar-refractivity contribution in [3.63, 3.8) is 0 Å². The molecule has 1 unspecified atom stereocenters. The second kappa shape index (κ2) is 12.1. The molecule has 0 saturated heterocycles. The third-order valence-electron chi connectivity index (χ3n) is 7.06. The van der Waals surface area contributed by atoms with Crippen molar-refractivity contribution in [3.8, 4) is 16.1 Å². The first kappa shape index (κ1) is 30.2. The van der Waals surface area contributed by atoms with E-state index in [0.29, 0.717) is 11.6 Å². The van der Waals surface area contributed by atoms with E-state index in [2.05, 4.69) is 72.6 Å². The summed E-state index contributed by atoms with van der Waals surface area (Å²) >= 11 is 3.25. The Morgan fingerprint density at radius 3 is 2.26 bits per heavy atom. The fourth-order valence-electron chi connectivity index (χ4n) is 4.94. The van der Waals surface area contributed by atoms with E-state index in [1.807, 2.05) is 32.3 Å². The zero-order valence-corrected chi connectivity index (χ0v) is 26.6. The van der Waals surface area contributed by atoms with Crippen LogP contribution in [0.15, 0.2) is 58.4 Å². The number of aryl methyl sites for hydroxylation is 2. The van der Waals surface area contributed by atoms with Gasteiger partial charge in [0.1, 0.15) is 16.9 Å². The predicted octanol–water partition coefficient (Wildman–Crippen LogP) is 6.60. The topological polar surface area (TPSA) is 98.8 Å². The van der Waals surface area contributed by atoms with E-state index in [1.54, 1.807) is 23.1 Å². The number of carbonyl (C=O) groups is 1. The first-order chi connectivity index (χ1) is 19.9. The van der Waals surface area contributed by atoms with Crippen LogP contribution in [0.5, 0.6) is 0 Å². The Morgan fingerprint density at radius 2 is 1.64 bits per heavy atom. The first-order valence-corrected chi connectivity index (χ1v) is 15.6. The lowest BCUT2D eigenvalue weighted by Gasteiger charge is -2.23. The molecule has 1 N–H and O–H groups in total. The minimum atomic E-state index is -0.822. The van der Waals surface area contributed by atoms with Crippen molar-refractivity contribution < 1.29 is 19.4 Å². The molecule has 1 aliphatic heterocycles. The van der Waals surface area contributed by atoms with Gasteiger partial charge in [-0.25, -0.2) is 0 Å². The molecule has 0 aliphatic carbocycles. The Bertz CT molecular complexity index is 1620. The average Bonchev–Trinajstić information content (AvgIpc) is 3.43. The van der Waals surface area contributed by atoms with Crippen LogP contribution in [-0.2, 0) is 14.3 Å². The summed E-state index contributed by atoms with van der Waals surface area (Å²) in [5.41, 5.74) is 5.78. The molecular formula is C32H36N4O4S2. The van der Waals surface area contributed by atoms with E-state index in [9.17, 15) is 9.90 Å². The second-order valence-corrected chi connectivity index (χ2v) is 13.6. The molecule has 0 radical (unpaired) electrons. The molecule has 1 aliphatic rings. The molecule has 0 fully saturated rings. The van der Waals surface area contributed by atoms with Crippen LogP contribution < -0.4 is 0 Å². The molecule has 3 heterocycles. The number of hydrogen-bond donors (Lipinski definition) is 1. The standard InChI is InChI=1S/C32H36N4O4S2/c1-18-19(2)42-31-28(18)29(33-25(16-26(37)39-7)30-35-34-20(3)36(30)31)23-10-8-21(9-11-23)22-12-14-24(15-13-22)41-17-27(38)40-32(4,5)6/h8-15,25,27,38H,16-17H2,1-7H3/t25-,27?/m0/s1. The number of aliphatic hydroxyl groups excluding tert-OH is 1. The number of methoxy groups -OCH3 is 1. The third-order valence-corrected chi connectivity index (χ3v) is 9.31. The highest BCUT2D eigenvalue weighted by Crippen LogP contribution is 2.40. The number of aromatic nitrogens is 3. The summed E-state index contributed by atoms with van der Waals surface area (Å²) < 4.78 is 12.6. The van der Waals surface area contributed by atoms with Crippen molar-refractivity contribution >= 4 is 34.8 Å². The minimum Gasteiger partial charge on any atom is -0.469 e. The van der Waals surface area contributed by atoms with Gasteiger partial charge in [0.25, 0.3) is 0 Å². The molecule has 42 heavy (non-hydrogen) atoms. The van der Waals surface area contributed by atoms with E-state index in [4.69, 9.17) is 14.5 Å². The zero-order chi connectivity index (χ0) is 30.2. The van der Waals surface area contributed by atoms with Crippen LogP contribution in [0.25, 0.3) is 16.1 Å². The Kier molecular flexibility index (Phi) is 8.71. The SMILES string of the molecule is COC(=O)C[C@@H]1N=C(c2ccc(-c3ccc(SCC(O)OC(C)(C)C)cc3)cc2)c2c(sc(C)c2C)-n2c(C)nnc21. The molecule has 2 aromatic heterocycles. The number of thiophene rings is 1. The number of aliphatic imine (C=N–C) groups is 1. The summed E-state index contributed by atoms with van der Waals surface area (Å²) in [6, 6.07) is 16.1. The number of hydrogen-bond acceptors (Lipinski definition) is 9. The van der Waals surface area contributed by atoms with Crippen molar-refractivity contribution in [2.45, 2.75) is 70.8 Å². The number of benzene rings is 2. The third kappa shape index (κ3) is 6.36. The fraction of sp³-hybridized carbons (Fsp3) is 0.375. The summed E-state index contributed by atoms with van der Waals surface area (Å²) in [7, 11) is 1.39. The van der Waals surface area contributed by atoms with Gasteiger partial charge in [-0.3, -0.25) is 14.4 Å². The summed E-state index contributed by atoms with van der Waals surface area (Å²) in [5, 5.41) is 19.9. The molecule has 2 atom stereocenters. The first-order valence-electron chi connectivity index (χ1n) is 13.8. The monoisotopic (exact) mass is 604 g/mol. The van der Waals surface area contributed by atoms with Crippen LogP contribution in [0.3, 0.4) is 0 Å². The minimum absolute atomic E-state index is 0.0763. The Labute approximate surface area is 254 Å². The van der Waals surface area contributed by atoms with Crippen LogP contribution in [0, 0.1) is 20.8 Å². The molecule has 10 heteroatoms. The van der Waals surface area contributed by atoms with Gasteiger partial charge in [0.15, 0.2) is 12.1 Å². The molecule has 220 valence electrons. The van der Waals surface area contributed by atoms with E-state index in [-0.39, 0.29) is 18.0 Å². The molecule has 2 aromatic carbocycles. The van der Waals surface area contributed by atoms with Crippen LogP contribution >= 0.6 is 23.1 Å². The van der Waals surface area contributed by atoms with Gasteiger partial charge >= 0.3 is 5.97 Å². The summed E-state index contributed by atoms with van der Waals surface area (Å²) in [5.74, 6) is 1.51. The van der Waals surface area contributed by atoms with E-state index in [1.165, 1.54) is 12.0 Å². The van der Waals surface area contributed by atoms with E-state index >= 15 is 0 Å². The molecule has 0 amide bonds. The Hall–Kier alpha value is -3.31. The molecule has 5 rings (SSSR count). The molecule has 8 nitrogen and oxygen atoms in total. The van der Waals surface area contributed by atoms with Crippen molar-refractivity contribution in [1.82, 2.24) is 14.8 Å². The Morgan fingerprint density at radius 1 is 1.02 bits per heavy atom. The van der Waals surface area contributed by atoms with Crippen LogP contribution in [0.2, 0.25) is 0 Å². The molecule has 0 spiro atoms. The number of fused-ring (bicyclic) bond motifs is 3. The number of carbonyl (C=O) groups excluding carboxylic acids is 1. The normalized spacial score (nSPS) is 15.4. The maximum atomic E-state index is 12.4. The van der Waals surface area contributed by atoms with Crippen molar-refractivity contribution in [2.75, 3.05) is 12.9 Å². The average molecular weight is 605 g/mol. The smallest absolute Gasteiger partial charge is 0.308 e. The second-order valence-electron chi connectivity index (χ2n) is 11.3. The number of esters is 1. The number of ether oxygens (including phenoxy) is 2. The van der Waals surface area contributed by atoms with Crippen LogP contribution in [0.4, 0.5) is 0 Å². The Balaban J connectivity index is 1.44. The maximum Gasteiger partial charge on any atom is 0.308 e. The van der Waals surface area contributed by atoms with Gasteiger partial charge in [-0.1, -0.05) is 36.4 Å². The van der Waals surface area contributed by atoms with E-state index in [0.717, 1.165) is 49.2 Å². The maximum absolute atomic E-state index is 12.4. The largest absolute Gasteiger partial charge is 0.469 e. The van der Waals surface area contributed by atoms with Gasteiger partial charge in [-0.15, -0.1) is 33.3 Å². The number of rotatable bonds is 8. The van der Waals surface area contributed by atoms with E-state index < -0.39 is 12.3 Å². The summed E-state index contributed by atoms with van der Waals surface area (Å²) in [6.07, 6.45) is -0.746. The highest BCUT2D eigenvalue weighted by molar-refractivity contribution is 7.99. The lowest BCUT2D eigenvalue weighted by molar-refractivity contribution is -0.151. The van der Waals surface area contributed by atoms with Gasteiger partial charge in [0, 0.05) is 26.7 Å². The molecule has 0 bridgehead atoms. The lowest BCUT2D eigenvalue weighted by Crippen LogP contribution is -2.28. The van der Waals surface area contributed by atoms with Gasteiger partial charge in [-0.2, -0.15) is 0 Å². The number of aliphatic hydroxyl groups is 1. The van der Waals surface area contributed by atoms with Crippen molar-refractivity contribution in [3.05, 3.63) is 81.7 Å². The highest BCUT2D eigenvalue weighted by Gasteiger charge is 2.32. The van der Waals surface area contributed by atoms with Gasteiger partial charge in [0.2, 0.25) is 0 Å². The lowest BCUT2D eigenvalue weighted by atomic mass is 9.97. The summed E-state index contributed by atoms with van der Waals surface area (Å²) in [4.78, 5) is 19.8. The highest BCUT2D eigenvalue weighted by atomic mass is 32.2. The fourth-order valence-corrected chi connectivity index (χ4v) is 6.89. The van der Waals surface area contributed by atoms with Gasteiger partial charge in [0.05, 0.1) is 24.8 Å².